The molecule has 0 spiro atoms. The second-order valence-electron chi connectivity index (χ2n) is 5.09. The maximum absolute atomic E-state index is 12.9. The normalized spacial score (nSPS) is 18.0. The number of methoxy groups -OCH3 is 1. The molecule has 4 nitrogen and oxygen atoms in total. The van der Waals surface area contributed by atoms with Gasteiger partial charge in [0.2, 0.25) is 0 Å². The van der Waals surface area contributed by atoms with Gasteiger partial charge in [-0.2, -0.15) is 13.2 Å². The highest BCUT2D eigenvalue weighted by Crippen LogP contribution is 2.41. The van der Waals surface area contributed by atoms with Gasteiger partial charge in [-0.3, -0.25) is 9.59 Å². The minimum absolute atomic E-state index is 0.162. The van der Waals surface area contributed by atoms with Gasteiger partial charge in [0.05, 0.1) is 28.5 Å². The van der Waals surface area contributed by atoms with E-state index in [9.17, 15) is 22.8 Å². The van der Waals surface area contributed by atoms with E-state index in [0.717, 1.165) is 12.1 Å². The summed E-state index contributed by atoms with van der Waals surface area (Å²) < 4.78 is 43.3. The first-order chi connectivity index (χ1) is 11.3. The molecule has 0 radical (unpaired) electrons. The van der Waals surface area contributed by atoms with Crippen LogP contribution in [0.2, 0.25) is 0 Å². The van der Waals surface area contributed by atoms with Crippen LogP contribution in [0.4, 0.5) is 13.2 Å². The van der Waals surface area contributed by atoms with Gasteiger partial charge in [0.1, 0.15) is 6.54 Å². The first-order valence-electron chi connectivity index (χ1n) is 7.21. The number of carbonyl (C=O) groups is 2. The van der Waals surface area contributed by atoms with Crippen molar-refractivity contribution in [2.75, 3.05) is 13.7 Å². The number of halogens is 3. The van der Waals surface area contributed by atoms with Gasteiger partial charge < -0.3 is 10.1 Å². The fourth-order valence-electron chi connectivity index (χ4n) is 2.28. The quantitative estimate of drug-likeness (QED) is 0.818. The molecular formula is C16H16F3NO3S. The highest BCUT2D eigenvalue weighted by Gasteiger charge is 2.36. The summed E-state index contributed by atoms with van der Waals surface area (Å²) in [6.45, 7) is 1.66. The monoisotopic (exact) mass is 359 g/mol. The Morgan fingerprint density at radius 3 is 2.67 bits per heavy atom. The van der Waals surface area contributed by atoms with E-state index in [1.165, 1.54) is 31.0 Å². The molecule has 0 aliphatic carbocycles. The third-order valence-electron chi connectivity index (χ3n) is 3.50. The standard InChI is InChI=1S/C16H16F3NO3S/c1-3-11-14(22)13(15(24-11)20-8-12(21)23-2)9-5-4-6-10(7-9)16(17,18)19/h4-7,11,20H,3,8H2,1-2H3. The molecule has 1 aromatic rings. The molecule has 1 aliphatic heterocycles. The largest absolute Gasteiger partial charge is 0.468 e. The van der Waals surface area contributed by atoms with Crippen molar-refractivity contribution in [2.24, 2.45) is 0 Å². The molecule has 0 saturated heterocycles. The van der Waals surface area contributed by atoms with E-state index in [0.29, 0.717) is 11.4 Å². The van der Waals surface area contributed by atoms with Crippen molar-refractivity contribution < 1.29 is 27.5 Å². The molecule has 1 aromatic carbocycles. The van der Waals surface area contributed by atoms with Crippen LogP contribution in [-0.2, 0) is 20.5 Å². The smallest absolute Gasteiger partial charge is 0.416 e. The number of hydrogen-bond donors (Lipinski definition) is 1. The molecule has 0 saturated carbocycles. The van der Waals surface area contributed by atoms with E-state index in [2.05, 4.69) is 10.1 Å². The number of benzene rings is 1. The molecular weight excluding hydrogens is 343 g/mol. The molecule has 8 heteroatoms. The lowest BCUT2D eigenvalue weighted by molar-refractivity contribution is -0.139. The summed E-state index contributed by atoms with van der Waals surface area (Å²) in [5.74, 6) is -0.770. The molecule has 2 rings (SSSR count). The maximum atomic E-state index is 12.9. The second-order valence-corrected chi connectivity index (χ2v) is 6.30. The number of ether oxygens (including phenoxy) is 1. The third-order valence-corrected chi connectivity index (χ3v) is 4.91. The van der Waals surface area contributed by atoms with Gasteiger partial charge >= 0.3 is 12.1 Å². The van der Waals surface area contributed by atoms with Crippen molar-refractivity contribution in [3.05, 3.63) is 40.4 Å². The lowest BCUT2D eigenvalue weighted by Gasteiger charge is -2.11. The van der Waals surface area contributed by atoms with Crippen molar-refractivity contribution in [3.63, 3.8) is 0 Å². The Balaban J connectivity index is 2.41. The Hall–Kier alpha value is -1.96. The van der Waals surface area contributed by atoms with Gasteiger partial charge in [-0.15, -0.1) is 0 Å². The fourth-order valence-corrected chi connectivity index (χ4v) is 3.44. The number of nitrogens with one attached hydrogen (secondary N) is 1. The van der Waals surface area contributed by atoms with Crippen LogP contribution in [0, 0.1) is 0 Å². The molecule has 130 valence electrons. The van der Waals surface area contributed by atoms with Crippen LogP contribution in [-0.4, -0.2) is 30.7 Å². The molecule has 1 atom stereocenters. The molecule has 0 amide bonds. The number of allylic oxidation sites excluding steroid dienone is 1. The van der Waals surface area contributed by atoms with Crippen LogP contribution >= 0.6 is 11.8 Å². The summed E-state index contributed by atoms with van der Waals surface area (Å²) in [4.78, 5) is 23.8. The van der Waals surface area contributed by atoms with E-state index in [-0.39, 0.29) is 28.7 Å². The van der Waals surface area contributed by atoms with E-state index in [1.807, 2.05) is 6.92 Å². The number of esters is 1. The number of ketones is 1. The molecule has 1 N–H and O–H groups in total. The summed E-state index contributed by atoms with van der Waals surface area (Å²) in [6, 6.07) is 4.63. The van der Waals surface area contributed by atoms with Gasteiger partial charge in [-0.25, -0.2) is 0 Å². The summed E-state index contributed by atoms with van der Waals surface area (Å²) in [7, 11) is 1.23. The van der Waals surface area contributed by atoms with Crippen LogP contribution in [0.15, 0.2) is 29.3 Å². The Labute approximate surface area is 141 Å². The molecule has 24 heavy (non-hydrogen) atoms. The van der Waals surface area contributed by atoms with Crippen molar-refractivity contribution in [1.29, 1.82) is 0 Å². The lowest BCUT2D eigenvalue weighted by atomic mass is 9.98. The molecule has 0 fully saturated rings. The predicted molar refractivity (Wildman–Crippen MR) is 85.1 cm³/mol. The SMILES string of the molecule is CCC1SC(NCC(=O)OC)=C(c2cccc(C(F)(F)F)c2)C1=O. The van der Waals surface area contributed by atoms with Crippen LogP contribution < -0.4 is 5.32 Å². The average molecular weight is 359 g/mol. The number of carbonyl (C=O) groups excluding carboxylic acids is 2. The van der Waals surface area contributed by atoms with Crippen LogP contribution in [0.25, 0.3) is 5.57 Å². The zero-order chi connectivity index (χ0) is 17.9. The number of Topliss-reactive ketones (excluding diaryl/α,β-unsaturated/α-hetero) is 1. The number of hydrogen-bond acceptors (Lipinski definition) is 5. The van der Waals surface area contributed by atoms with E-state index in [1.54, 1.807) is 0 Å². The second kappa shape index (κ2) is 7.29. The van der Waals surface area contributed by atoms with Crippen molar-refractivity contribution >= 4 is 29.1 Å². The van der Waals surface area contributed by atoms with Gasteiger partial charge in [0, 0.05) is 0 Å². The summed E-state index contributed by atoms with van der Waals surface area (Å²) in [5, 5.41) is 2.82. The van der Waals surface area contributed by atoms with Gasteiger partial charge in [-0.1, -0.05) is 30.8 Å². The Morgan fingerprint density at radius 1 is 1.38 bits per heavy atom. The van der Waals surface area contributed by atoms with Crippen LogP contribution in [0.3, 0.4) is 0 Å². The number of rotatable bonds is 5. The molecule has 1 heterocycles. The highest BCUT2D eigenvalue weighted by atomic mass is 32.2. The van der Waals surface area contributed by atoms with Gasteiger partial charge in [0.25, 0.3) is 0 Å². The van der Waals surface area contributed by atoms with Crippen molar-refractivity contribution in [2.45, 2.75) is 24.8 Å². The Bertz CT molecular complexity index is 685. The minimum atomic E-state index is -4.49. The van der Waals surface area contributed by atoms with E-state index in [4.69, 9.17) is 0 Å². The predicted octanol–water partition coefficient (Wildman–Crippen LogP) is 3.23. The average Bonchev–Trinajstić information content (AvgIpc) is 2.87. The highest BCUT2D eigenvalue weighted by molar-refractivity contribution is 8.05. The Kier molecular flexibility index (Phi) is 5.58. The maximum Gasteiger partial charge on any atom is 0.416 e. The lowest BCUT2D eigenvalue weighted by Crippen LogP contribution is -2.22. The Morgan fingerprint density at radius 2 is 2.08 bits per heavy atom. The molecule has 1 aliphatic rings. The van der Waals surface area contributed by atoms with E-state index >= 15 is 0 Å². The topological polar surface area (TPSA) is 55.4 Å². The summed E-state index contributed by atoms with van der Waals surface area (Å²) >= 11 is 1.22. The summed E-state index contributed by atoms with van der Waals surface area (Å²) in [5.41, 5.74) is -0.454. The van der Waals surface area contributed by atoms with Crippen LogP contribution in [0.1, 0.15) is 24.5 Å². The van der Waals surface area contributed by atoms with Crippen molar-refractivity contribution in [3.8, 4) is 0 Å². The number of alkyl halides is 3. The first-order valence-corrected chi connectivity index (χ1v) is 8.09. The van der Waals surface area contributed by atoms with Gasteiger partial charge in [0.15, 0.2) is 5.78 Å². The number of thioether (sulfide) groups is 1. The zero-order valence-electron chi connectivity index (χ0n) is 13.1. The fraction of sp³-hybridized carbons (Fsp3) is 0.375. The molecule has 0 bridgehead atoms. The van der Waals surface area contributed by atoms with E-state index < -0.39 is 17.7 Å². The van der Waals surface area contributed by atoms with Crippen LogP contribution in [0.5, 0.6) is 0 Å². The van der Waals surface area contributed by atoms with Gasteiger partial charge in [-0.05, 0) is 24.1 Å². The molecule has 0 aromatic heterocycles. The molecule has 1 unspecified atom stereocenters. The van der Waals surface area contributed by atoms with Crippen molar-refractivity contribution in [1.82, 2.24) is 5.32 Å². The summed E-state index contributed by atoms with van der Waals surface area (Å²) in [6.07, 6.45) is -3.95. The first kappa shape index (κ1) is 18.4. The third kappa shape index (κ3) is 3.92. The zero-order valence-corrected chi connectivity index (χ0v) is 13.9. The minimum Gasteiger partial charge on any atom is -0.468 e.